The molecule has 96 valence electrons. The fourth-order valence-electron chi connectivity index (χ4n) is 1.95. The number of rotatable bonds is 6. The van der Waals surface area contributed by atoms with E-state index in [1.165, 1.54) is 0 Å². The molecule has 0 saturated carbocycles. The maximum Gasteiger partial charge on any atom is 0.0781 e. The molecule has 1 rings (SSSR count). The molecule has 1 aromatic carbocycles. The van der Waals surface area contributed by atoms with E-state index in [0.29, 0.717) is 12.6 Å². The van der Waals surface area contributed by atoms with Gasteiger partial charge in [0.1, 0.15) is 0 Å². The Bertz CT molecular complexity index is 337. The first-order chi connectivity index (χ1) is 8.07. The van der Waals surface area contributed by atoms with Crippen LogP contribution in [0.3, 0.4) is 0 Å². The van der Waals surface area contributed by atoms with E-state index in [-0.39, 0.29) is 0 Å². The molecule has 0 saturated heterocycles. The van der Waals surface area contributed by atoms with Crippen LogP contribution in [0, 0.1) is 0 Å². The molecular formula is C14H23NO2. The minimum Gasteiger partial charge on any atom is -0.389 e. The van der Waals surface area contributed by atoms with Crippen LogP contribution in [0.25, 0.3) is 0 Å². The number of ether oxygens (including phenoxy) is 1. The molecule has 0 aliphatic carbocycles. The number of aliphatic hydroxyl groups is 1. The highest BCUT2D eigenvalue weighted by Gasteiger charge is 2.15. The smallest absolute Gasteiger partial charge is 0.0781 e. The highest BCUT2D eigenvalue weighted by Crippen LogP contribution is 2.27. The molecule has 3 heteroatoms. The van der Waals surface area contributed by atoms with E-state index in [4.69, 9.17) is 4.74 Å². The van der Waals surface area contributed by atoms with Crippen molar-refractivity contribution in [1.29, 1.82) is 0 Å². The number of nitrogens with zero attached hydrogens (tertiary/aromatic N) is 1. The molecule has 0 radical (unpaired) electrons. The summed E-state index contributed by atoms with van der Waals surface area (Å²) in [5.74, 6) is 0. The SMILES string of the molecule is COCCN(c1ccccc1[C@H](C)O)C(C)C. The van der Waals surface area contributed by atoms with Crippen molar-refractivity contribution >= 4 is 5.69 Å². The number of benzene rings is 1. The lowest BCUT2D eigenvalue weighted by Gasteiger charge is -2.31. The Morgan fingerprint density at radius 3 is 2.41 bits per heavy atom. The van der Waals surface area contributed by atoms with Crippen LogP contribution in [0.2, 0.25) is 0 Å². The number of hydrogen-bond acceptors (Lipinski definition) is 3. The largest absolute Gasteiger partial charge is 0.389 e. The van der Waals surface area contributed by atoms with Crippen LogP contribution in [0.15, 0.2) is 24.3 Å². The number of hydrogen-bond donors (Lipinski definition) is 1. The molecule has 0 aromatic heterocycles. The van der Waals surface area contributed by atoms with E-state index in [1.807, 2.05) is 18.2 Å². The van der Waals surface area contributed by atoms with Gasteiger partial charge in [-0.25, -0.2) is 0 Å². The second-order valence-electron chi connectivity index (χ2n) is 4.51. The van der Waals surface area contributed by atoms with E-state index >= 15 is 0 Å². The van der Waals surface area contributed by atoms with Crippen molar-refractivity contribution in [2.45, 2.75) is 32.9 Å². The predicted molar refractivity (Wildman–Crippen MR) is 71.4 cm³/mol. The second-order valence-corrected chi connectivity index (χ2v) is 4.51. The van der Waals surface area contributed by atoms with Crippen molar-refractivity contribution in [1.82, 2.24) is 0 Å². The molecule has 1 N–H and O–H groups in total. The van der Waals surface area contributed by atoms with Gasteiger partial charge in [0, 0.05) is 30.9 Å². The monoisotopic (exact) mass is 237 g/mol. The Hall–Kier alpha value is -1.06. The van der Waals surface area contributed by atoms with Gasteiger partial charge < -0.3 is 14.7 Å². The number of anilines is 1. The molecule has 1 aromatic rings. The minimum absolute atomic E-state index is 0.380. The molecule has 0 amide bonds. The standard InChI is InChI=1S/C14H23NO2/c1-11(2)15(9-10-17-4)14-8-6-5-7-13(14)12(3)16/h5-8,11-12,16H,9-10H2,1-4H3/t12-/m0/s1. The van der Waals surface area contributed by atoms with Gasteiger partial charge in [0.25, 0.3) is 0 Å². The first-order valence-corrected chi connectivity index (χ1v) is 6.10. The van der Waals surface area contributed by atoms with Crippen LogP contribution >= 0.6 is 0 Å². The van der Waals surface area contributed by atoms with Crippen molar-refractivity contribution in [3.05, 3.63) is 29.8 Å². The average Bonchev–Trinajstić information content (AvgIpc) is 2.29. The highest BCUT2D eigenvalue weighted by atomic mass is 16.5. The molecule has 0 aliphatic heterocycles. The van der Waals surface area contributed by atoms with Crippen LogP contribution in [-0.4, -0.2) is 31.4 Å². The van der Waals surface area contributed by atoms with Gasteiger partial charge in [-0.3, -0.25) is 0 Å². The van der Waals surface area contributed by atoms with Crippen molar-refractivity contribution in [2.24, 2.45) is 0 Å². The summed E-state index contributed by atoms with van der Waals surface area (Å²) in [5.41, 5.74) is 2.06. The molecule has 17 heavy (non-hydrogen) atoms. The Morgan fingerprint density at radius 2 is 1.88 bits per heavy atom. The quantitative estimate of drug-likeness (QED) is 0.825. The fraction of sp³-hybridized carbons (Fsp3) is 0.571. The summed E-state index contributed by atoms with van der Waals surface area (Å²) in [7, 11) is 1.71. The van der Waals surface area contributed by atoms with Crippen molar-refractivity contribution in [2.75, 3.05) is 25.2 Å². The van der Waals surface area contributed by atoms with Crippen molar-refractivity contribution < 1.29 is 9.84 Å². The first-order valence-electron chi connectivity index (χ1n) is 6.10. The Kier molecular flexibility index (Phi) is 5.45. The fourth-order valence-corrected chi connectivity index (χ4v) is 1.95. The molecular weight excluding hydrogens is 214 g/mol. The van der Waals surface area contributed by atoms with Crippen LogP contribution in [-0.2, 0) is 4.74 Å². The molecule has 1 atom stereocenters. The Morgan fingerprint density at radius 1 is 1.24 bits per heavy atom. The third-order valence-corrected chi connectivity index (χ3v) is 2.86. The van der Waals surface area contributed by atoms with E-state index in [0.717, 1.165) is 17.8 Å². The van der Waals surface area contributed by atoms with Gasteiger partial charge in [-0.15, -0.1) is 0 Å². The molecule has 0 fully saturated rings. The van der Waals surface area contributed by atoms with Gasteiger partial charge in [0.2, 0.25) is 0 Å². The summed E-state index contributed by atoms with van der Waals surface area (Å²) in [4.78, 5) is 2.26. The molecule has 0 bridgehead atoms. The molecule has 0 spiro atoms. The molecule has 0 heterocycles. The highest BCUT2D eigenvalue weighted by molar-refractivity contribution is 5.55. The number of para-hydroxylation sites is 1. The van der Waals surface area contributed by atoms with Crippen LogP contribution in [0.4, 0.5) is 5.69 Å². The van der Waals surface area contributed by atoms with E-state index in [2.05, 4.69) is 24.8 Å². The predicted octanol–water partition coefficient (Wildman–Crippen LogP) is 2.60. The van der Waals surface area contributed by atoms with Crippen molar-refractivity contribution in [3.8, 4) is 0 Å². The van der Waals surface area contributed by atoms with Crippen LogP contribution in [0.5, 0.6) is 0 Å². The van der Waals surface area contributed by atoms with Gasteiger partial charge in [0.15, 0.2) is 0 Å². The topological polar surface area (TPSA) is 32.7 Å². The van der Waals surface area contributed by atoms with Gasteiger partial charge in [0.05, 0.1) is 12.7 Å². The maximum absolute atomic E-state index is 9.80. The number of aliphatic hydroxyl groups excluding tert-OH is 1. The van der Waals surface area contributed by atoms with Gasteiger partial charge in [-0.2, -0.15) is 0 Å². The van der Waals surface area contributed by atoms with Gasteiger partial charge in [-0.05, 0) is 26.8 Å². The Labute approximate surface area is 104 Å². The summed E-state index contributed by atoms with van der Waals surface area (Å²) in [6, 6.07) is 8.37. The zero-order valence-electron chi connectivity index (χ0n) is 11.2. The van der Waals surface area contributed by atoms with E-state index in [9.17, 15) is 5.11 Å². The lowest BCUT2D eigenvalue weighted by Crippen LogP contribution is -2.34. The summed E-state index contributed by atoms with van der Waals surface area (Å²) in [6.45, 7) is 7.61. The second kappa shape index (κ2) is 6.62. The van der Waals surface area contributed by atoms with Gasteiger partial charge >= 0.3 is 0 Å². The average molecular weight is 237 g/mol. The normalized spacial score (nSPS) is 12.8. The van der Waals surface area contributed by atoms with Crippen molar-refractivity contribution in [3.63, 3.8) is 0 Å². The summed E-state index contributed by atoms with van der Waals surface area (Å²) >= 11 is 0. The van der Waals surface area contributed by atoms with E-state index in [1.54, 1.807) is 14.0 Å². The van der Waals surface area contributed by atoms with Gasteiger partial charge in [-0.1, -0.05) is 18.2 Å². The summed E-state index contributed by atoms with van der Waals surface area (Å²) < 4.78 is 5.14. The molecule has 0 aliphatic rings. The van der Waals surface area contributed by atoms with Crippen LogP contribution < -0.4 is 4.90 Å². The zero-order chi connectivity index (χ0) is 12.8. The number of methoxy groups -OCH3 is 1. The molecule has 0 unspecified atom stereocenters. The summed E-state index contributed by atoms with van der Waals surface area (Å²) in [5, 5.41) is 9.80. The zero-order valence-corrected chi connectivity index (χ0v) is 11.2. The third kappa shape index (κ3) is 3.72. The Balaban J connectivity index is 3.00. The van der Waals surface area contributed by atoms with E-state index < -0.39 is 6.10 Å². The minimum atomic E-state index is -0.449. The molecule has 3 nitrogen and oxygen atoms in total. The van der Waals surface area contributed by atoms with Crippen LogP contribution in [0.1, 0.15) is 32.4 Å². The maximum atomic E-state index is 9.80. The first kappa shape index (κ1) is 14.0. The summed E-state index contributed by atoms with van der Waals surface area (Å²) in [6.07, 6.45) is -0.449. The third-order valence-electron chi connectivity index (χ3n) is 2.86. The lowest BCUT2D eigenvalue weighted by molar-refractivity contribution is 0.196. The lowest BCUT2D eigenvalue weighted by atomic mass is 10.1.